The van der Waals surface area contributed by atoms with Crippen molar-refractivity contribution >= 4 is 10.9 Å². The van der Waals surface area contributed by atoms with E-state index in [1.807, 2.05) is 109 Å². The van der Waals surface area contributed by atoms with Crippen molar-refractivity contribution in [3.63, 3.8) is 0 Å². The Morgan fingerprint density at radius 1 is 0.682 bits per heavy atom. The zero-order chi connectivity index (χ0) is 30.2. The van der Waals surface area contributed by atoms with Crippen molar-refractivity contribution in [3.8, 4) is 0 Å². The Hall–Kier alpha value is -3.82. The van der Waals surface area contributed by atoms with Crippen LogP contribution < -0.4 is 0 Å². The molecule has 1 aromatic heterocycles. The molecular formula is C37H39NO6. The smallest absolute Gasteiger partial charge is 0.187 e. The summed E-state index contributed by atoms with van der Waals surface area (Å²) < 4.78 is 28.3. The summed E-state index contributed by atoms with van der Waals surface area (Å²) in [6.45, 7) is 0.962. The molecule has 0 unspecified atom stereocenters. The monoisotopic (exact) mass is 593 g/mol. The maximum absolute atomic E-state index is 11.8. The van der Waals surface area contributed by atoms with Gasteiger partial charge in [0.2, 0.25) is 0 Å². The van der Waals surface area contributed by atoms with E-state index < -0.39 is 30.2 Å². The Bertz CT molecular complexity index is 1580. The Kier molecular flexibility index (Phi) is 9.83. The molecule has 228 valence electrons. The molecule has 1 fully saturated rings. The normalized spacial score (nSPS) is 23.6. The standard InChI is InChI=1S/C37H39NO6/c39-24-33-34(41-25-28-12-4-1-5-13-28)35(42-26-29-14-6-2-7-15-29)37(36(40)44-33,43-27-30-16-8-3-9-17-30)21-23-38-22-20-31-18-10-11-19-32(31)38/h1-20,22,33-36,39-40H,21,23-27H2/t33-,34-,35+,36-,37-/m1/s1. The Labute approximate surface area is 258 Å². The summed E-state index contributed by atoms with van der Waals surface area (Å²) >= 11 is 0. The third-order valence-corrected chi connectivity index (χ3v) is 8.38. The molecule has 0 amide bonds. The van der Waals surface area contributed by atoms with Crippen LogP contribution in [0.2, 0.25) is 0 Å². The van der Waals surface area contributed by atoms with Gasteiger partial charge < -0.3 is 33.7 Å². The first-order valence-electron chi connectivity index (χ1n) is 15.1. The van der Waals surface area contributed by atoms with Crippen LogP contribution in [0.15, 0.2) is 128 Å². The number of aryl methyl sites for hydroxylation is 1. The Balaban J connectivity index is 1.37. The molecule has 0 spiro atoms. The quantitative estimate of drug-likeness (QED) is 0.178. The molecule has 0 aliphatic carbocycles. The average Bonchev–Trinajstić information content (AvgIpc) is 3.50. The maximum Gasteiger partial charge on any atom is 0.187 e. The van der Waals surface area contributed by atoms with Gasteiger partial charge in [-0.1, -0.05) is 109 Å². The van der Waals surface area contributed by atoms with Crippen LogP contribution in [0, 0.1) is 0 Å². The van der Waals surface area contributed by atoms with Crippen LogP contribution in [0.1, 0.15) is 23.1 Å². The van der Waals surface area contributed by atoms with E-state index in [1.165, 1.54) is 0 Å². The number of fused-ring (bicyclic) bond motifs is 1. The topological polar surface area (TPSA) is 82.3 Å². The molecule has 2 heterocycles. The van der Waals surface area contributed by atoms with E-state index in [2.05, 4.69) is 22.8 Å². The number of aliphatic hydroxyl groups is 2. The number of rotatable bonds is 13. The molecule has 5 aromatic rings. The van der Waals surface area contributed by atoms with Gasteiger partial charge in [-0.2, -0.15) is 0 Å². The zero-order valence-electron chi connectivity index (χ0n) is 24.7. The highest BCUT2D eigenvalue weighted by Gasteiger charge is 2.58. The molecule has 0 radical (unpaired) electrons. The maximum atomic E-state index is 11.8. The third-order valence-electron chi connectivity index (χ3n) is 8.38. The molecule has 1 aliphatic rings. The lowest BCUT2D eigenvalue weighted by atomic mass is 9.82. The predicted molar refractivity (Wildman–Crippen MR) is 169 cm³/mol. The fourth-order valence-electron chi connectivity index (χ4n) is 5.99. The van der Waals surface area contributed by atoms with Crippen LogP contribution in [0.3, 0.4) is 0 Å². The third kappa shape index (κ3) is 6.79. The van der Waals surface area contributed by atoms with Gasteiger partial charge in [0.15, 0.2) is 6.29 Å². The van der Waals surface area contributed by atoms with Crippen molar-refractivity contribution < 1.29 is 29.2 Å². The predicted octanol–water partition coefficient (Wildman–Crippen LogP) is 5.87. The molecular weight excluding hydrogens is 554 g/mol. The largest absolute Gasteiger partial charge is 0.394 e. The minimum absolute atomic E-state index is 0.230. The molecule has 2 N–H and O–H groups in total. The summed E-state index contributed by atoms with van der Waals surface area (Å²) in [7, 11) is 0. The molecule has 44 heavy (non-hydrogen) atoms. The van der Waals surface area contributed by atoms with Crippen LogP contribution in [0.4, 0.5) is 0 Å². The molecule has 7 heteroatoms. The lowest BCUT2D eigenvalue weighted by molar-refractivity contribution is -0.359. The highest BCUT2D eigenvalue weighted by atomic mass is 16.7. The number of ether oxygens (including phenoxy) is 4. The zero-order valence-corrected chi connectivity index (χ0v) is 24.7. The van der Waals surface area contributed by atoms with Gasteiger partial charge >= 0.3 is 0 Å². The molecule has 0 bridgehead atoms. The summed E-state index contributed by atoms with van der Waals surface area (Å²) in [6.07, 6.45) is -1.31. The highest BCUT2D eigenvalue weighted by Crippen LogP contribution is 2.40. The van der Waals surface area contributed by atoms with Crippen LogP contribution in [-0.2, 0) is 45.3 Å². The van der Waals surface area contributed by atoms with Gasteiger partial charge in [-0.3, -0.25) is 0 Å². The van der Waals surface area contributed by atoms with E-state index in [0.717, 1.165) is 27.6 Å². The van der Waals surface area contributed by atoms with E-state index in [1.54, 1.807) is 0 Å². The Morgan fingerprint density at radius 2 is 1.25 bits per heavy atom. The lowest BCUT2D eigenvalue weighted by Gasteiger charge is -2.52. The van der Waals surface area contributed by atoms with Crippen LogP contribution in [0.25, 0.3) is 10.9 Å². The number of aliphatic hydroxyl groups excluding tert-OH is 2. The number of benzene rings is 4. The van der Waals surface area contributed by atoms with Gasteiger partial charge in [-0.05, 0) is 34.2 Å². The number of nitrogens with zero attached hydrogens (tertiary/aromatic N) is 1. The minimum Gasteiger partial charge on any atom is -0.394 e. The van der Waals surface area contributed by atoms with E-state index in [9.17, 15) is 10.2 Å². The molecule has 0 saturated carbocycles. The van der Waals surface area contributed by atoms with Crippen LogP contribution in [0.5, 0.6) is 0 Å². The van der Waals surface area contributed by atoms with Gasteiger partial charge in [-0.15, -0.1) is 0 Å². The van der Waals surface area contributed by atoms with E-state index in [4.69, 9.17) is 18.9 Å². The van der Waals surface area contributed by atoms with Crippen molar-refractivity contribution in [2.45, 2.75) is 63.0 Å². The first kappa shape index (κ1) is 30.2. The summed E-state index contributed by atoms with van der Waals surface area (Å²) in [5.41, 5.74) is 2.67. The summed E-state index contributed by atoms with van der Waals surface area (Å²) in [5.74, 6) is 0. The molecule has 5 atom stereocenters. The van der Waals surface area contributed by atoms with Gasteiger partial charge in [0.05, 0.1) is 26.4 Å². The van der Waals surface area contributed by atoms with Crippen molar-refractivity contribution in [2.24, 2.45) is 0 Å². The van der Waals surface area contributed by atoms with E-state index >= 15 is 0 Å². The van der Waals surface area contributed by atoms with Gasteiger partial charge in [0.1, 0.15) is 23.9 Å². The highest BCUT2D eigenvalue weighted by molar-refractivity contribution is 5.79. The molecule has 7 nitrogen and oxygen atoms in total. The molecule has 6 rings (SSSR count). The first-order chi connectivity index (χ1) is 21.7. The molecule has 1 saturated heterocycles. The van der Waals surface area contributed by atoms with E-state index in [-0.39, 0.29) is 26.4 Å². The van der Waals surface area contributed by atoms with Gasteiger partial charge in [0, 0.05) is 24.7 Å². The lowest BCUT2D eigenvalue weighted by Crippen LogP contribution is -2.69. The number of aromatic nitrogens is 1. The van der Waals surface area contributed by atoms with Crippen molar-refractivity contribution in [3.05, 3.63) is 144 Å². The first-order valence-corrected chi connectivity index (χ1v) is 15.1. The Morgan fingerprint density at radius 3 is 1.89 bits per heavy atom. The second-order valence-corrected chi connectivity index (χ2v) is 11.2. The van der Waals surface area contributed by atoms with Gasteiger partial charge in [-0.25, -0.2) is 0 Å². The van der Waals surface area contributed by atoms with E-state index in [0.29, 0.717) is 13.0 Å². The van der Waals surface area contributed by atoms with Crippen molar-refractivity contribution in [1.29, 1.82) is 0 Å². The summed E-state index contributed by atoms with van der Waals surface area (Å²) in [6, 6.07) is 39.9. The second-order valence-electron chi connectivity index (χ2n) is 11.2. The van der Waals surface area contributed by atoms with Gasteiger partial charge in [0.25, 0.3) is 0 Å². The average molecular weight is 594 g/mol. The molecule has 4 aromatic carbocycles. The number of hydrogen-bond donors (Lipinski definition) is 2. The number of para-hydroxylation sites is 1. The van der Waals surface area contributed by atoms with Crippen LogP contribution in [-0.4, -0.2) is 51.6 Å². The van der Waals surface area contributed by atoms with Crippen molar-refractivity contribution in [2.75, 3.05) is 6.61 Å². The summed E-state index contributed by atoms with van der Waals surface area (Å²) in [4.78, 5) is 0. The van der Waals surface area contributed by atoms with Crippen LogP contribution >= 0.6 is 0 Å². The number of hydrogen-bond acceptors (Lipinski definition) is 6. The van der Waals surface area contributed by atoms with Crippen molar-refractivity contribution in [1.82, 2.24) is 4.57 Å². The fraction of sp³-hybridized carbons (Fsp3) is 0.297. The minimum atomic E-state index is -1.39. The second kappa shape index (κ2) is 14.3. The summed E-state index contributed by atoms with van der Waals surface area (Å²) in [5, 5.41) is 23.4. The fourth-order valence-corrected chi connectivity index (χ4v) is 5.99. The SMILES string of the molecule is OC[C@H]1O[C@@H](O)[C@](CCn2ccc3ccccc32)(OCc2ccccc2)[C@@H](OCc2ccccc2)[C@@H]1OCc1ccccc1. The molecule has 1 aliphatic heterocycles.